The molecule has 0 amide bonds. The lowest BCUT2D eigenvalue weighted by Gasteiger charge is -2.18. The Morgan fingerprint density at radius 2 is 2.11 bits per heavy atom. The van der Waals surface area contributed by atoms with E-state index in [1.54, 1.807) is 6.08 Å². The maximum absolute atomic E-state index is 11.9. The molecule has 3 nitrogen and oxygen atoms in total. The molecule has 0 saturated carbocycles. The van der Waals surface area contributed by atoms with Crippen LogP contribution in [0.2, 0.25) is 0 Å². The second-order valence-electron chi connectivity index (χ2n) is 5.37. The molecular formula is C14H19BrO3. The number of rotatable bonds is 2. The number of hydrogen-bond acceptors (Lipinski definition) is 3. The van der Waals surface area contributed by atoms with Crippen LogP contribution in [-0.4, -0.2) is 17.7 Å². The zero-order chi connectivity index (χ0) is 13.9. The largest absolute Gasteiger partial charge is 0.425 e. The quantitative estimate of drug-likeness (QED) is 0.794. The molecule has 1 aliphatic carbocycles. The highest BCUT2D eigenvalue weighted by atomic mass is 79.9. The fourth-order valence-electron chi connectivity index (χ4n) is 1.35. The molecule has 0 heterocycles. The van der Waals surface area contributed by atoms with Crippen molar-refractivity contribution in [1.29, 1.82) is 0 Å². The smallest absolute Gasteiger partial charge is 0.316 e. The molecule has 0 atom stereocenters. The Balaban J connectivity index is 3.05. The van der Waals surface area contributed by atoms with Crippen LogP contribution >= 0.6 is 15.9 Å². The summed E-state index contributed by atoms with van der Waals surface area (Å²) in [5.41, 5.74) is 1.22. The third-order valence-corrected chi connectivity index (χ3v) is 3.18. The van der Waals surface area contributed by atoms with Gasteiger partial charge >= 0.3 is 5.97 Å². The summed E-state index contributed by atoms with van der Waals surface area (Å²) in [5, 5.41) is 9.17. The molecule has 0 saturated heterocycles. The van der Waals surface area contributed by atoms with Gasteiger partial charge in [-0.25, -0.2) is 0 Å². The number of aliphatic hydroxyl groups is 1. The van der Waals surface area contributed by atoms with Crippen LogP contribution in [-0.2, 0) is 9.53 Å². The first-order valence-electron chi connectivity index (χ1n) is 5.85. The van der Waals surface area contributed by atoms with Gasteiger partial charge in [-0.2, -0.15) is 0 Å². The van der Waals surface area contributed by atoms with Crippen LogP contribution in [0, 0.1) is 5.41 Å². The van der Waals surface area contributed by atoms with E-state index in [0.29, 0.717) is 16.7 Å². The lowest BCUT2D eigenvalue weighted by Crippen LogP contribution is -2.23. The highest BCUT2D eigenvalue weighted by Crippen LogP contribution is 2.30. The molecule has 1 N–H and O–H groups in total. The second kappa shape index (κ2) is 5.85. The number of hydrogen-bond donors (Lipinski definition) is 1. The van der Waals surface area contributed by atoms with Crippen molar-refractivity contribution < 1.29 is 14.6 Å². The lowest BCUT2D eigenvalue weighted by atomic mass is 9.97. The van der Waals surface area contributed by atoms with Crippen molar-refractivity contribution >= 4 is 21.9 Å². The van der Waals surface area contributed by atoms with Gasteiger partial charge < -0.3 is 9.84 Å². The Bertz CT molecular complexity index is 436. The monoisotopic (exact) mass is 314 g/mol. The Morgan fingerprint density at radius 3 is 2.61 bits per heavy atom. The summed E-state index contributed by atoms with van der Waals surface area (Å²) in [6.07, 6.45) is 4.41. The molecule has 100 valence electrons. The molecule has 1 rings (SSSR count). The summed E-state index contributed by atoms with van der Waals surface area (Å²) in [6, 6.07) is 0. The van der Waals surface area contributed by atoms with Gasteiger partial charge in [0, 0.05) is 0 Å². The number of halogens is 1. The van der Waals surface area contributed by atoms with E-state index >= 15 is 0 Å². The summed E-state index contributed by atoms with van der Waals surface area (Å²) in [4.78, 5) is 11.9. The number of aliphatic hydroxyl groups excluding tert-OH is 1. The fraction of sp³-hybridized carbons (Fsp3) is 0.500. The molecule has 0 unspecified atom stereocenters. The van der Waals surface area contributed by atoms with Gasteiger partial charge in [-0.05, 0) is 67.3 Å². The minimum absolute atomic E-state index is 0.000618. The Kier molecular flexibility index (Phi) is 4.93. The van der Waals surface area contributed by atoms with Crippen molar-refractivity contribution in [3.8, 4) is 0 Å². The Labute approximate surface area is 116 Å². The van der Waals surface area contributed by atoms with E-state index in [1.165, 1.54) is 0 Å². The minimum Gasteiger partial charge on any atom is -0.425 e. The van der Waals surface area contributed by atoms with Crippen LogP contribution in [0.3, 0.4) is 0 Å². The molecule has 0 aromatic heterocycles. The second-order valence-corrected chi connectivity index (χ2v) is 6.22. The zero-order valence-electron chi connectivity index (χ0n) is 11.2. The molecule has 0 bridgehead atoms. The number of esters is 1. The van der Waals surface area contributed by atoms with Crippen LogP contribution < -0.4 is 0 Å². The maximum atomic E-state index is 11.9. The van der Waals surface area contributed by atoms with Gasteiger partial charge in [-0.3, -0.25) is 4.79 Å². The van der Waals surface area contributed by atoms with Crippen molar-refractivity contribution in [1.82, 2.24) is 0 Å². The number of carbonyl (C=O) groups excluding carboxylic acids is 1. The van der Waals surface area contributed by atoms with Gasteiger partial charge in [0.25, 0.3) is 0 Å². The summed E-state index contributed by atoms with van der Waals surface area (Å²) < 4.78 is 6.14. The van der Waals surface area contributed by atoms with E-state index in [-0.39, 0.29) is 12.6 Å². The third kappa shape index (κ3) is 3.82. The molecular weight excluding hydrogens is 296 g/mol. The van der Waals surface area contributed by atoms with Crippen LogP contribution in [0.5, 0.6) is 0 Å². The molecule has 18 heavy (non-hydrogen) atoms. The minimum atomic E-state index is -0.545. The summed E-state index contributed by atoms with van der Waals surface area (Å²) >= 11 is 3.40. The van der Waals surface area contributed by atoms with Crippen LogP contribution in [0.1, 0.15) is 34.1 Å². The zero-order valence-corrected chi connectivity index (χ0v) is 12.8. The average Bonchev–Trinajstić information content (AvgIpc) is 2.40. The molecule has 4 heteroatoms. The predicted octanol–water partition coefficient (Wildman–Crippen LogP) is 3.45. The first kappa shape index (κ1) is 15.2. The van der Waals surface area contributed by atoms with Crippen molar-refractivity contribution in [3.63, 3.8) is 0 Å². The lowest BCUT2D eigenvalue weighted by molar-refractivity contribution is -0.148. The highest BCUT2D eigenvalue weighted by Gasteiger charge is 2.26. The molecule has 0 aromatic rings. The SMILES string of the molecule is CC1=CCC(CO)=CC(Br)=C1OC(=O)C(C)(C)C. The Morgan fingerprint density at radius 1 is 1.50 bits per heavy atom. The molecule has 0 fully saturated rings. The summed E-state index contributed by atoms with van der Waals surface area (Å²) in [7, 11) is 0. The highest BCUT2D eigenvalue weighted by molar-refractivity contribution is 9.11. The normalized spacial score (nSPS) is 17.0. The van der Waals surface area contributed by atoms with Gasteiger partial charge in [0.1, 0.15) is 5.76 Å². The fourth-order valence-corrected chi connectivity index (χ4v) is 2.07. The van der Waals surface area contributed by atoms with Crippen molar-refractivity contribution in [3.05, 3.63) is 33.5 Å². The van der Waals surface area contributed by atoms with E-state index < -0.39 is 5.41 Å². The average molecular weight is 315 g/mol. The summed E-state index contributed by atoms with van der Waals surface area (Å²) in [5.74, 6) is 0.251. The van der Waals surface area contributed by atoms with Gasteiger partial charge in [-0.15, -0.1) is 0 Å². The van der Waals surface area contributed by atoms with Gasteiger partial charge in [-0.1, -0.05) is 6.08 Å². The molecule has 0 aliphatic heterocycles. The molecule has 0 spiro atoms. The van der Waals surface area contributed by atoms with Crippen LogP contribution in [0.25, 0.3) is 0 Å². The van der Waals surface area contributed by atoms with Gasteiger partial charge in [0.05, 0.1) is 16.5 Å². The topological polar surface area (TPSA) is 46.5 Å². The van der Waals surface area contributed by atoms with Gasteiger partial charge in [0.2, 0.25) is 0 Å². The first-order chi connectivity index (χ1) is 8.25. The number of carbonyl (C=O) groups is 1. The van der Waals surface area contributed by atoms with E-state index in [2.05, 4.69) is 15.9 Å². The maximum Gasteiger partial charge on any atom is 0.316 e. The van der Waals surface area contributed by atoms with Gasteiger partial charge in [0.15, 0.2) is 0 Å². The predicted molar refractivity (Wildman–Crippen MR) is 75.0 cm³/mol. The van der Waals surface area contributed by atoms with Crippen LogP contribution in [0.4, 0.5) is 0 Å². The van der Waals surface area contributed by atoms with E-state index in [1.807, 2.05) is 33.8 Å². The Hall–Kier alpha value is -0.870. The molecule has 0 radical (unpaired) electrons. The number of allylic oxidation sites excluding steroid dienone is 4. The van der Waals surface area contributed by atoms with Crippen molar-refractivity contribution in [2.75, 3.05) is 6.61 Å². The van der Waals surface area contributed by atoms with E-state index in [4.69, 9.17) is 9.84 Å². The summed E-state index contributed by atoms with van der Waals surface area (Å²) in [6.45, 7) is 7.33. The van der Waals surface area contributed by atoms with Crippen LogP contribution in [0.15, 0.2) is 33.5 Å². The van der Waals surface area contributed by atoms with Crippen molar-refractivity contribution in [2.45, 2.75) is 34.1 Å². The number of ether oxygens (including phenoxy) is 1. The van der Waals surface area contributed by atoms with E-state index in [9.17, 15) is 4.79 Å². The van der Waals surface area contributed by atoms with Crippen molar-refractivity contribution in [2.24, 2.45) is 5.41 Å². The molecule has 0 aromatic carbocycles. The standard InChI is InChI=1S/C14H19BrO3/c1-9-5-6-10(8-16)7-11(15)12(9)18-13(17)14(2,3)4/h5,7,16H,6,8H2,1-4H3. The first-order valence-corrected chi connectivity index (χ1v) is 6.64. The third-order valence-electron chi connectivity index (χ3n) is 2.59. The molecule has 1 aliphatic rings. The van der Waals surface area contributed by atoms with E-state index in [0.717, 1.165) is 11.1 Å².